The van der Waals surface area contributed by atoms with Crippen molar-refractivity contribution in [2.24, 2.45) is 0 Å². The van der Waals surface area contributed by atoms with Gasteiger partial charge in [-0.3, -0.25) is 9.62 Å². The topological polar surface area (TPSA) is 102 Å². The number of nitrogens with one attached hydrogen (secondary N) is 2. The van der Waals surface area contributed by atoms with Crippen LogP contribution in [0.15, 0.2) is 24.3 Å². The summed E-state index contributed by atoms with van der Waals surface area (Å²) in [4.78, 5) is 16.4. The van der Waals surface area contributed by atoms with Crippen molar-refractivity contribution in [1.82, 2.24) is 9.80 Å². The monoisotopic (exact) mass is 396 g/mol. The number of anilines is 2. The number of carbonyl (C=O) groups excluding carboxylic acids is 1. The molecule has 2 unspecified atom stereocenters. The third kappa shape index (κ3) is 5.12. The maximum atomic E-state index is 12.6. The molecule has 9 heteroatoms. The van der Waals surface area contributed by atoms with Crippen LogP contribution in [-0.2, 0) is 10.0 Å². The molecule has 0 radical (unpaired) electrons. The predicted octanol–water partition coefficient (Wildman–Crippen LogP) is 1.51. The van der Waals surface area contributed by atoms with Crippen LogP contribution in [0.25, 0.3) is 0 Å². The second-order valence-electron chi connectivity index (χ2n) is 7.21. The van der Waals surface area contributed by atoms with Gasteiger partial charge in [0.25, 0.3) is 0 Å². The number of β-amino-alcohol motifs (C(OH)–C–C–N with tert-alkyl or cyclic N) is 1. The Morgan fingerprint density at radius 2 is 1.93 bits per heavy atom. The summed E-state index contributed by atoms with van der Waals surface area (Å²) in [5.41, 5.74) is 0.925. The summed E-state index contributed by atoms with van der Waals surface area (Å²) >= 11 is 0. The number of urea groups is 1. The van der Waals surface area contributed by atoms with E-state index in [0.29, 0.717) is 30.9 Å². The van der Waals surface area contributed by atoms with Gasteiger partial charge in [0, 0.05) is 12.2 Å². The van der Waals surface area contributed by atoms with Gasteiger partial charge in [0.2, 0.25) is 10.0 Å². The number of likely N-dealkylation sites (tertiary alicyclic amines) is 2. The zero-order valence-corrected chi connectivity index (χ0v) is 16.4. The van der Waals surface area contributed by atoms with E-state index in [0.717, 1.165) is 25.9 Å². The first-order chi connectivity index (χ1) is 12.9. The minimum atomic E-state index is -3.38. The number of sulfonamides is 1. The lowest BCUT2D eigenvalue weighted by atomic mass is 10.2. The summed E-state index contributed by atoms with van der Waals surface area (Å²) in [5.74, 6) is 0.0488. The Morgan fingerprint density at radius 1 is 1.22 bits per heavy atom. The molecule has 0 saturated carbocycles. The van der Waals surface area contributed by atoms with E-state index in [4.69, 9.17) is 0 Å². The number of hydrogen-bond acceptors (Lipinski definition) is 5. The van der Waals surface area contributed by atoms with Gasteiger partial charge in [-0.05, 0) is 50.6 Å². The van der Waals surface area contributed by atoms with Gasteiger partial charge < -0.3 is 15.3 Å². The molecule has 2 amide bonds. The van der Waals surface area contributed by atoms with Gasteiger partial charge >= 0.3 is 6.03 Å². The molecule has 0 spiro atoms. The maximum absolute atomic E-state index is 12.6. The molecule has 3 rings (SSSR count). The first kappa shape index (κ1) is 19.9. The molecule has 2 aliphatic rings. The van der Waals surface area contributed by atoms with Crippen LogP contribution in [0.1, 0.15) is 26.2 Å². The Hall–Kier alpha value is -1.84. The summed E-state index contributed by atoms with van der Waals surface area (Å²) < 4.78 is 26.3. The van der Waals surface area contributed by atoms with Crippen molar-refractivity contribution in [3.63, 3.8) is 0 Å². The van der Waals surface area contributed by atoms with E-state index < -0.39 is 16.1 Å². The molecular formula is C18H28N4O4S. The lowest BCUT2D eigenvalue weighted by molar-refractivity contribution is 0.0980. The van der Waals surface area contributed by atoms with Gasteiger partial charge in [0.05, 0.1) is 30.1 Å². The third-order valence-electron chi connectivity index (χ3n) is 5.02. The van der Waals surface area contributed by atoms with Crippen LogP contribution in [-0.4, -0.2) is 73.4 Å². The molecule has 1 aromatic carbocycles. The van der Waals surface area contributed by atoms with Crippen molar-refractivity contribution in [3.8, 4) is 0 Å². The van der Waals surface area contributed by atoms with Crippen LogP contribution in [0.4, 0.5) is 16.2 Å². The van der Waals surface area contributed by atoms with Crippen molar-refractivity contribution in [2.45, 2.75) is 38.3 Å². The second kappa shape index (κ2) is 8.45. The smallest absolute Gasteiger partial charge is 0.321 e. The van der Waals surface area contributed by atoms with Crippen LogP contribution < -0.4 is 10.0 Å². The van der Waals surface area contributed by atoms with E-state index in [-0.39, 0.29) is 17.8 Å². The highest BCUT2D eigenvalue weighted by atomic mass is 32.2. The van der Waals surface area contributed by atoms with Gasteiger partial charge in [-0.2, -0.15) is 0 Å². The van der Waals surface area contributed by atoms with Crippen molar-refractivity contribution in [1.29, 1.82) is 0 Å². The standard InChI is InChI=1S/C18H28N4O4S/c1-2-10-27(25,26)20-15-7-5-6-14(11-15)19-18(24)22-12-16(17(23)13-22)21-8-3-4-9-21/h5-7,11,16-17,20,23H,2-4,8-10,12-13H2,1H3,(H,19,24). The molecule has 2 atom stereocenters. The van der Waals surface area contributed by atoms with Gasteiger partial charge in [-0.1, -0.05) is 13.0 Å². The summed E-state index contributed by atoms with van der Waals surface area (Å²) in [6, 6.07) is 6.34. The first-order valence-electron chi connectivity index (χ1n) is 9.46. The SMILES string of the molecule is CCCS(=O)(=O)Nc1cccc(NC(=O)N2CC(O)C(N3CCCC3)C2)c1. The molecule has 0 aromatic heterocycles. The number of amides is 2. The highest BCUT2D eigenvalue weighted by Gasteiger charge is 2.38. The second-order valence-corrected chi connectivity index (χ2v) is 9.06. The van der Waals surface area contributed by atoms with E-state index in [1.807, 2.05) is 0 Å². The quantitative estimate of drug-likeness (QED) is 0.677. The van der Waals surface area contributed by atoms with Crippen LogP contribution in [0.5, 0.6) is 0 Å². The largest absolute Gasteiger partial charge is 0.390 e. The van der Waals surface area contributed by atoms with E-state index in [1.165, 1.54) is 0 Å². The Labute approximate surface area is 160 Å². The summed E-state index contributed by atoms with van der Waals surface area (Å²) in [6.45, 7) is 4.54. The van der Waals surface area contributed by atoms with Crippen LogP contribution in [0.2, 0.25) is 0 Å². The number of aliphatic hydroxyl groups excluding tert-OH is 1. The normalized spacial score (nSPS) is 23.6. The molecular weight excluding hydrogens is 368 g/mol. The Kier molecular flexibility index (Phi) is 6.23. The summed E-state index contributed by atoms with van der Waals surface area (Å²) in [7, 11) is -3.38. The van der Waals surface area contributed by atoms with E-state index in [1.54, 1.807) is 36.1 Å². The number of nitrogens with zero attached hydrogens (tertiary/aromatic N) is 2. The maximum Gasteiger partial charge on any atom is 0.321 e. The molecule has 150 valence electrons. The fourth-order valence-corrected chi connectivity index (χ4v) is 4.86. The highest BCUT2D eigenvalue weighted by molar-refractivity contribution is 7.92. The lowest BCUT2D eigenvalue weighted by Gasteiger charge is -2.25. The molecule has 2 heterocycles. The molecule has 27 heavy (non-hydrogen) atoms. The molecule has 3 N–H and O–H groups in total. The van der Waals surface area contributed by atoms with Gasteiger partial charge in [-0.25, -0.2) is 13.2 Å². The van der Waals surface area contributed by atoms with E-state index >= 15 is 0 Å². The van der Waals surface area contributed by atoms with Crippen LogP contribution in [0, 0.1) is 0 Å². The molecule has 2 saturated heterocycles. The van der Waals surface area contributed by atoms with Crippen LogP contribution >= 0.6 is 0 Å². The van der Waals surface area contributed by atoms with Crippen molar-refractivity contribution >= 4 is 27.4 Å². The summed E-state index contributed by atoms with van der Waals surface area (Å²) in [5, 5.41) is 13.1. The number of hydrogen-bond donors (Lipinski definition) is 3. The average molecular weight is 397 g/mol. The molecule has 0 bridgehead atoms. The van der Waals surface area contributed by atoms with Gasteiger partial charge in [0.15, 0.2) is 0 Å². The Bertz CT molecular complexity index is 764. The molecule has 1 aromatic rings. The molecule has 8 nitrogen and oxygen atoms in total. The van der Waals surface area contributed by atoms with E-state index in [2.05, 4.69) is 14.9 Å². The molecule has 2 aliphatic heterocycles. The van der Waals surface area contributed by atoms with Gasteiger partial charge in [-0.15, -0.1) is 0 Å². The fraction of sp³-hybridized carbons (Fsp3) is 0.611. The minimum Gasteiger partial charge on any atom is -0.390 e. The van der Waals surface area contributed by atoms with Crippen LogP contribution in [0.3, 0.4) is 0 Å². The minimum absolute atomic E-state index is 0.00885. The number of rotatable bonds is 6. The number of aliphatic hydroxyl groups is 1. The molecule has 2 fully saturated rings. The number of benzene rings is 1. The van der Waals surface area contributed by atoms with Gasteiger partial charge in [0.1, 0.15) is 0 Å². The zero-order chi connectivity index (χ0) is 19.4. The predicted molar refractivity (Wildman–Crippen MR) is 105 cm³/mol. The Balaban J connectivity index is 1.60. The van der Waals surface area contributed by atoms with Crippen molar-refractivity contribution in [3.05, 3.63) is 24.3 Å². The highest BCUT2D eigenvalue weighted by Crippen LogP contribution is 2.22. The average Bonchev–Trinajstić information content (AvgIpc) is 3.23. The van der Waals surface area contributed by atoms with Crippen molar-refractivity contribution in [2.75, 3.05) is 42.0 Å². The Morgan fingerprint density at radius 3 is 2.63 bits per heavy atom. The third-order valence-corrected chi connectivity index (χ3v) is 6.51. The summed E-state index contributed by atoms with van der Waals surface area (Å²) in [6.07, 6.45) is 2.26. The zero-order valence-electron chi connectivity index (χ0n) is 15.6. The first-order valence-corrected chi connectivity index (χ1v) is 11.1. The fourth-order valence-electron chi connectivity index (χ4n) is 3.73. The lowest BCUT2D eigenvalue weighted by Crippen LogP contribution is -2.41. The van der Waals surface area contributed by atoms with E-state index in [9.17, 15) is 18.3 Å². The van der Waals surface area contributed by atoms with Crippen molar-refractivity contribution < 1.29 is 18.3 Å². The molecule has 0 aliphatic carbocycles. The number of carbonyl (C=O) groups is 1.